The summed E-state index contributed by atoms with van der Waals surface area (Å²) in [4.78, 5) is 53.7. The number of carbonyl (C=O) groups excluding carboxylic acids is 3. The fourth-order valence-corrected chi connectivity index (χ4v) is 4.17. The number of ether oxygens (including phenoxy) is 4. The van der Waals surface area contributed by atoms with Crippen molar-refractivity contribution in [2.75, 3.05) is 46.6 Å². The van der Waals surface area contributed by atoms with Crippen molar-refractivity contribution in [1.82, 2.24) is 10.2 Å². The van der Waals surface area contributed by atoms with Gasteiger partial charge in [0.25, 0.3) is 5.09 Å². The number of esters is 1. The highest BCUT2D eigenvalue weighted by molar-refractivity contribution is 5.84. The van der Waals surface area contributed by atoms with Gasteiger partial charge in [0.1, 0.15) is 6.61 Å². The van der Waals surface area contributed by atoms with E-state index in [0.717, 1.165) is 5.56 Å². The minimum Gasteiger partial charge on any atom is -0.424 e. The van der Waals surface area contributed by atoms with E-state index >= 15 is 0 Å². The van der Waals surface area contributed by atoms with Crippen molar-refractivity contribution in [2.45, 2.75) is 39.1 Å². The Morgan fingerprint density at radius 3 is 2.38 bits per heavy atom. The maximum absolute atomic E-state index is 13.0. The van der Waals surface area contributed by atoms with Gasteiger partial charge in [0.05, 0.1) is 19.1 Å². The first kappa shape index (κ1) is 29.8. The summed E-state index contributed by atoms with van der Waals surface area (Å²) >= 11 is 0. The van der Waals surface area contributed by atoms with Crippen molar-refractivity contribution in [3.05, 3.63) is 46.0 Å². The van der Waals surface area contributed by atoms with Gasteiger partial charge in [0, 0.05) is 39.6 Å². The summed E-state index contributed by atoms with van der Waals surface area (Å²) in [6, 6.07) is 9.67. The van der Waals surface area contributed by atoms with Gasteiger partial charge in [-0.3, -0.25) is 4.79 Å². The largest absolute Gasteiger partial charge is 0.424 e. The Bertz CT molecular complexity index is 896. The molecule has 1 aliphatic rings. The van der Waals surface area contributed by atoms with Crippen LogP contribution in [0.1, 0.15) is 32.3 Å². The number of hydrogen-bond donors (Lipinski definition) is 1. The molecule has 1 fully saturated rings. The Morgan fingerprint density at radius 1 is 1.11 bits per heavy atom. The summed E-state index contributed by atoms with van der Waals surface area (Å²) < 4.78 is 19.9. The zero-order valence-corrected chi connectivity index (χ0v) is 21.5. The van der Waals surface area contributed by atoms with Crippen molar-refractivity contribution in [3.63, 3.8) is 0 Å². The van der Waals surface area contributed by atoms with Gasteiger partial charge < -0.3 is 34.0 Å². The van der Waals surface area contributed by atoms with E-state index in [1.165, 1.54) is 14.0 Å². The van der Waals surface area contributed by atoms with Crippen molar-refractivity contribution < 1.29 is 43.3 Å². The number of nitrogens with zero attached hydrogens (tertiary/aromatic N) is 2. The molecule has 1 N–H and O–H groups in total. The van der Waals surface area contributed by atoms with E-state index in [-0.39, 0.29) is 43.4 Å². The number of nitrogens with one attached hydrogen (secondary N) is 1. The van der Waals surface area contributed by atoms with Crippen LogP contribution < -0.4 is 5.32 Å². The summed E-state index contributed by atoms with van der Waals surface area (Å²) in [5.41, 5.74) is 1.03. The van der Waals surface area contributed by atoms with E-state index in [4.69, 9.17) is 18.9 Å². The van der Waals surface area contributed by atoms with E-state index in [1.54, 1.807) is 4.90 Å². The van der Waals surface area contributed by atoms with Gasteiger partial charge in [-0.05, 0) is 25.3 Å². The number of rotatable bonds is 16. The Hall–Kier alpha value is -3.45. The van der Waals surface area contributed by atoms with Gasteiger partial charge in [-0.25, -0.2) is 9.59 Å². The maximum Gasteiger partial charge on any atom is 0.410 e. The van der Waals surface area contributed by atoms with Crippen molar-refractivity contribution in [1.29, 1.82) is 0 Å². The molecule has 0 heterocycles. The third-order valence-electron chi connectivity index (χ3n) is 5.88. The van der Waals surface area contributed by atoms with E-state index in [2.05, 4.69) is 10.2 Å². The highest BCUT2D eigenvalue weighted by Gasteiger charge is 2.56. The molecule has 37 heavy (non-hydrogen) atoms. The molecule has 2 rings (SSSR count). The number of methoxy groups -OCH3 is 1. The van der Waals surface area contributed by atoms with Gasteiger partial charge in [-0.1, -0.05) is 30.3 Å². The average molecular weight is 526 g/mol. The predicted molar refractivity (Wildman–Crippen MR) is 129 cm³/mol. The van der Waals surface area contributed by atoms with Crippen LogP contribution in [0.25, 0.3) is 0 Å². The molecule has 5 atom stereocenters. The van der Waals surface area contributed by atoms with Crippen molar-refractivity contribution in [3.8, 4) is 0 Å². The quantitative estimate of drug-likeness (QED) is 0.146. The number of benzene rings is 1. The van der Waals surface area contributed by atoms with Gasteiger partial charge in [-0.15, -0.1) is 10.1 Å². The van der Waals surface area contributed by atoms with E-state index in [1.807, 2.05) is 44.2 Å². The van der Waals surface area contributed by atoms with Gasteiger partial charge in [-0.2, -0.15) is 0 Å². The summed E-state index contributed by atoms with van der Waals surface area (Å²) in [6.07, 6.45) is -3.02. The second-order valence-corrected chi connectivity index (χ2v) is 8.40. The first-order chi connectivity index (χ1) is 17.7. The number of alkyl carbamates (subject to hydrolysis) is 1. The molecule has 0 saturated heterocycles. The molecular weight excluding hydrogens is 490 g/mol. The van der Waals surface area contributed by atoms with Crippen LogP contribution in [0.4, 0.5) is 4.79 Å². The minimum absolute atomic E-state index is 0.0109. The van der Waals surface area contributed by atoms with Crippen LogP contribution in [0.3, 0.4) is 0 Å². The molecule has 0 spiro atoms. The highest BCUT2D eigenvalue weighted by Crippen LogP contribution is 2.54. The molecule has 2 amide bonds. The average Bonchev–Trinajstić information content (AvgIpc) is 3.58. The Labute approximate surface area is 215 Å². The lowest BCUT2D eigenvalue weighted by atomic mass is 10.1. The molecule has 0 aromatic heterocycles. The molecular formula is C24H35N3O10. The third kappa shape index (κ3) is 9.50. The van der Waals surface area contributed by atoms with E-state index < -0.39 is 36.2 Å². The van der Waals surface area contributed by atoms with Gasteiger partial charge in [0.2, 0.25) is 12.2 Å². The van der Waals surface area contributed by atoms with E-state index in [0.29, 0.717) is 13.1 Å². The van der Waals surface area contributed by atoms with Crippen LogP contribution in [-0.4, -0.2) is 86.9 Å². The zero-order valence-electron chi connectivity index (χ0n) is 21.5. The highest BCUT2D eigenvalue weighted by atomic mass is 17.0. The first-order valence-electron chi connectivity index (χ1n) is 12.1. The summed E-state index contributed by atoms with van der Waals surface area (Å²) in [5.74, 6) is -1.12. The van der Waals surface area contributed by atoms with Crippen LogP contribution in [0, 0.1) is 22.0 Å². The molecule has 206 valence electrons. The van der Waals surface area contributed by atoms with Crippen molar-refractivity contribution in [2.24, 2.45) is 11.8 Å². The fourth-order valence-electron chi connectivity index (χ4n) is 4.17. The van der Waals surface area contributed by atoms with Gasteiger partial charge >= 0.3 is 12.1 Å². The normalized spacial score (nSPS) is 19.7. The number of amides is 2. The molecule has 1 aliphatic carbocycles. The lowest BCUT2D eigenvalue weighted by Crippen LogP contribution is -2.35. The lowest BCUT2D eigenvalue weighted by Gasteiger charge is -2.19. The minimum atomic E-state index is -1.21. The Balaban J connectivity index is 1.79. The zero-order chi connectivity index (χ0) is 27.4. The number of carbonyl (C=O) groups is 3. The molecule has 0 aliphatic heterocycles. The fraction of sp³-hybridized carbons (Fsp3) is 0.625. The maximum atomic E-state index is 13.0. The summed E-state index contributed by atoms with van der Waals surface area (Å²) in [5, 5.41) is 12.1. The predicted octanol–water partition coefficient (Wildman–Crippen LogP) is 1.74. The Kier molecular flexibility index (Phi) is 12.0. The number of hydrogen-bond acceptors (Lipinski definition) is 10. The van der Waals surface area contributed by atoms with Crippen LogP contribution in [0.2, 0.25) is 0 Å². The molecule has 3 unspecified atom stereocenters. The summed E-state index contributed by atoms with van der Waals surface area (Å²) in [7, 11) is 1.34. The standard InChI is InChI=1S/C24H35N3O10/c1-5-26(6-2)23(29)22-19(21(22)17-10-8-7-9-11-17)12-25-24(30)36-16(3)35-20(28)15-34-14-18(13-33-4)37-27(31)32/h7-11,16,18-19,21-22H,5-6,12-15H2,1-4H3,(H,25,30)/t16?,18?,19-,21?,22-/m0/s1. The molecule has 0 radical (unpaired) electrons. The molecule has 0 bridgehead atoms. The van der Waals surface area contributed by atoms with Gasteiger partial charge in [0.15, 0.2) is 6.10 Å². The van der Waals surface area contributed by atoms with E-state index in [9.17, 15) is 24.5 Å². The molecule has 13 nitrogen and oxygen atoms in total. The molecule has 1 aromatic carbocycles. The molecule has 1 aromatic rings. The lowest BCUT2D eigenvalue weighted by molar-refractivity contribution is -0.769. The van der Waals surface area contributed by atoms with Crippen molar-refractivity contribution >= 4 is 18.0 Å². The summed E-state index contributed by atoms with van der Waals surface area (Å²) in [6.45, 7) is 5.73. The monoisotopic (exact) mass is 525 g/mol. The smallest absolute Gasteiger partial charge is 0.410 e. The van der Waals surface area contributed by atoms with Crippen LogP contribution in [-0.2, 0) is 33.4 Å². The topological polar surface area (TPSA) is 156 Å². The SMILES string of the molecule is CCN(CC)C(=O)[C@@H]1C(c2ccccc2)[C@@H]1CNC(=O)OC(C)OC(=O)COCC(COC)O[N+](=O)[O-]. The third-order valence-corrected chi connectivity index (χ3v) is 5.88. The van der Waals surface area contributed by atoms with Crippen LogP contribution >= 0.6 is 0 Å². The second-order valence-electron chi connectivity index (χ2n) is 8.40. The molecule has 13 heteroatoms. The second kappa shape index (κ2) is 15.0. The molecule has 1 saturated carbocycles. The van der Waals surface area contributed by atoms with Crippen LogP contribution in [0.15, 0.2) is 30.3 Å². The first-order valence-corrected chi connectivity index (χ1v) is 12.1. The Morgan fingerprint density at radius 2 is 1.78 bits per heavy atom. The van der Waals surface area contributed by atoms with Crippen LogP contribution in [0.5, 0.6) is 0 Å².